The first kappa shape index (κ1) is 19.8. The zero-order chi connectivity index (χ0) is 20.5. The lowest BCUT2D eigenvalue weighted by molar-refractivity contribution is -0.387. The van der Waals surface area contributed by atoms with E-state index >= 15 is 0 Å². The van der Waals surface area contributed by atoms with Gasteiger partial charge in [-0.3, -0.25) is 15.0 Å². The molecule has 1 heterocycles. The van der Waals surface area contributed by atoms with Crippen LogP contribution >= 0.6 is 11.8 Å². The Morgan fingerprint density at radius 3 is 2.57 bits per heavy atom. The Balaban J connectivity index is 1.87. The standard InChI is InChI=1S/C20H21N3O4S/c1-20(2,3)27-19(24)22(4)13-9-10-14-15(11-13)21-12-18(14)28-17-8-6-5-7-16(17)23(25)26/h5-12,21H,1-4H3. The molecule has 1 aromatic heterocycles. The fourth-order valence-electron chi connectivity index (χ4n) is 2.63. The lowest BCUT2D eigenvalue weighted by Crippen LogP contribution is -2.34. The largest absolute Gasteiger partial charge is 0.443 e. The quantitative estimate of drug-likeness (QED) is 0.456. The van der Waals surface area contributed by atoms with Crippen molar-refractivity contribution in [3.63, 3.8) is 0 Å². The van der Waals surface area contributed by atoms with Crippen molar-refractivity contribution in [3.8, 4) is 0 Å². The van der Waals surface area contributed by atoms with Crippen molar-refractivity contribution >= 4 is 40.1 Å². The summed E-state index contributed by atoms with van der Waals surface area (Å²) >= 11 is 1.33. The van der Waals surface area contributed by atoms with E-state index in [0.29, 0.717) is 10.6 Å². The number of nitrogens with one attached hydrogen (secondary N) is 1. The molecule has 7 nitrogen and oxygen atoms in total. The molecule has 0 aliphatic heterocycles. The van der Waals surface area contributed by atoms with Crippen LogP contribution in [-0.2, 0) is 4.74 Å². The molecule has 0 fully saturated rings. The minimum Gasteiger partial charge on any atom is -0.443 e. The van der Waals surface area contributed by atoms with Crippen LogP contribution < -0.4 is 4.90 Å². The molecular formula is C20H21N3O4S. The Morgan fingerprint density at radius 2 is 1.89 bits per heavy atom. The molecule has 0 unspecified atom stereocenters. The van der Waals surface area contributed by atoms with Gasteiger partial charge in [0, 0.05) is 40.8 Å². The third-order valence-electron chi connectivity index (χ3n) is 3.96. The summed E-state index contributed by atoms with van der Waals surface area (Å²) in [5.74, 6) is 0. The highest BCUT2D eigenvalue weighted by atomic mass is 32.2. The van der Waals surface area contributed by atoms with Crippen LogP contribution in [0.15, 0.2) is 58.5 Å². The van der Waals surface area contributed by atoms with Gasteiger partial charge in [0.15, 0.2) is 0 Å². The van der Waals surface area contributed by atoms with E-state index in [1.165, 1.54) is 22.7 Å². The summed E-state index contributed by atoms with van der Waals surface area (Å²) in [6.07, 6.45) is 1.37. The Morgan fingerprint density at radius 1 is 1.18 bits per heavy atom. The molecule has 0 saturated carbocycles. The van der Waals surface area contributed by atoms with E-state index in [9.17, 15) is 14.9 Å². The van der Waals surface area contributed by atoms with Gasteiger partial charge in [-0.2, -0.15) is 0 Å². The average Bonchev–Trinajstić information content (AvgIpc) is 3.02. The van der Waals surface area contributed by atoms with Crippen LogP contribution in [0.5, 0.6) is 0 Å². The predicted octanol–water partition coefficient (Wildman–Crippen LogP) is 5.60. The number of ether oxygens (including phenoxy) is 1. The molecule has 3 rings (SSSR count). The van der Waals surface area contributed by atoms with Gasteiger partial charge >= 0.3 is 6.09 Å². The summed E-state index contributed by atoms with van der Waals surface area (Å²) in [7, 11) is 1.65. The number of para-hydroxylation sites is 1. The molecule has 3 aromatic rings. The van der Waals surface area contributed by atoms with Crippen molar-refractivity contribution in [2.75, 3.05) is 11.9 Å². The molecule has 0 aliphatic rings. The molecule has 0 radical (unpaired) electrons. The Kier molecular flexibility index (Phi) is 5.33. The minimum absolute atomic E-state index is 0.0723. The van der Waals surface area contributed by atoms with E-state index in [4.69, 9.17) is 4.74 Å². The molecule has 2 aromatic carbocycles. The maximum atomic E-state index is 12.3. The van der Waals surface area contributed by atoms with Crippen molar-refractivity contribution in [2.45, 2.75) is 36.2 Å². The molecule has 146 valence electrons. The van der Waals surface area contributed by atoms with Gasteiger partial charge in [0.05, 0.1) is 9.82 Å². The van der Waals surface area contributed by atoms with Crippen molar-refractivity contribution in [3.05, 3.63) is 58.8 Å². The number of H-pyrrole nitrogens is 1. The van der Waals surface area contributed by atoms with Gasteiger partial charge < -0.3 is 9.72 Å². The lowest BCUT2D eigenvalue weighted by Gasteiger charge is -2.24. The number of fused-ring (bicyclic) bond motifs is 1. The number of hydrogen-bond donors (Lipinski definition) is 1. The number of anilines is 1. The number of nitro groups is 1. The molecule has 8 heteroatoms. The molecule has 0 aliphatic carbocycles. The third kappa shape index (κ3) is 4.28. The topological polar surface area (TPSA) is 88.5 Å². The van der Waals surface area contributed by atoms with Gasteiger partial charge in [0.25, 0.3) is 5.69 Å². The maximum Gasteiger partial charge on any atom is 0.414 e. The number of nitro benzene ring substituents is 1. The monoisotopic (exact) mass is 399 g/mol. The van der Waals surface area contributed by atoms with Crippen LogP contribution in [0.3, 0.4) is 0 Å². The highest BCUT2D eigenvalue weighted by molar-refractivity contribution is 7.99. The van der Waals surface area contributed by atoms with E-state index in [1.54, 1.807) is 25.2 Å². The fraction of sp³-hybridized carbons (Fsp3) is 0.250. The predicted molar refractivity (Wildman–Crippen MR) is 110 cm³/mol. The van der Waals surface area contributed by atoms with Gasteiger partial charge in [0.1, 0.15) is 5.60 Å². The Bertz CT molecular complexity index is 1040. The van der Waals surface area contributed by atoms with Crippen LogP contribution in [-0.4, -0.2) is 28.6 Å². The van der Waals surface area contributed by atoms with E-state index in [1.807, 2.05) is 45.2 Å². The normalized spacial score (nSPS) is 11.4. The van der Waals surface area contributed by atoms with E-state index in [-0.39, 0.29) is 10.6 Å². The van der Waals surface area contributed by atoms with E-state index in [0.717, 1.165) is 15.8 Å². The van der Waals surface area contributed by atoms with Crippen LogP contribution in [0.2, 0.25) is 0 Å². The fourth-order valence-corrected chi connectivity index (χ4v) is 3.67. The van der Waals surface area contributed by atoms with Crippen LogP contribution in [0, 0.1) is 10.1 Å². The number of amides is 1. The first-order valence-corrected chi connectivity index (χ1v) is 9.46. The molecule has 28 heavy (non-hydrogen) atoms. The molecule has 0 atom stereocenters. The summed E-state index contributed by atoms with van der Waals surface area (Å²) in [6.45, 7) is 5.46. The SMILES string of the molecule is CN(C(=O)OC(C)(C)C)c1ccc2c(Sc3ccccc3[N+](=O)[O-])c[nH]c2c1. The van der Waals surface area contributed by atoms with Gasteiger partial charge in [-0.05, 0) is 45.0 Å². The van der Waals surface area contributed by atoms with Crippen molar-refractivity contribution in [1.82, 2.24) is 4.98 Å². The van der Waals surface area contributed by atoms with Crippen LogP contribution in [0.1, 0.15) is 20.8 Å². The second-order valence-electron chi connectivity index (χ2n) is 7.25. The zero-order valence-corrected chi connectivity index (χ0v) is 16.9. The maximum absolute atomic E-state index is 12.3. The van der Waals surface area contributed by atoms with Gasteiger partial charge in [-0.1, -0.05) is 23.9 Å². The van der Waals surface area contributed by atoms with E-state index < -0.39 is 11.7 Å². The summed E-state index contributed by atoms with van der Waals surface area (Å²) in [5, 5.41) is 12.2. The Labute approximate surface area is 166 Å². The van der Waals surface area contributed by atoms with Gasteiger partial charge in [-0.15, -0.1) is 0 Å². The van der Waals surface area contributed by atoms with Crippen LogP contribution in [0.25, 0.3) is 10.9 Å². The highest BCUT2D eigenvalue weighted by Crippen LogP contribution is 2.38. The molecule has 1 N–H and O–H groups in total. The Hall–Kier alpha value is -3.00. The molecule has 0 saturated heterocycles. The van der Waals surface area contributed by atoms with Gasteiger partial charge in [-0.25, -0.2) is 4.79 Å². The number of carbonyl (C=O) groups excluding carboxylic acids is 1. The van der Waals surface area contributed by atoms with Crippen molar-refractivity contribution in [1.29, 1.82) is 0 Å². The first-order valence-electron chi connectivity index (χ1n) is 8.65. The number of rotatable bonds is 4. The second-order valence-corrected chi connectivity index (χ2v) is 8.33. The summed E-state index contributed by atoms with van der Waals surface area (Å²) in [4.78, 5) is 29.2. The molecular weight excluding hydrogens is 378 g/mol. The highest BCUT2D eigenvalue weighted by Gasteiger charge is 2.21. The van der Waals surface area contributed by atoms with Crippen molar-refractivity contribution < 1.29 is 14.5 Å². The number of aromatic nitrogens is 1. The smallest absolute Gasteiger partial charge is 0.414 e. The average molecular weight is 399 g/mol. The number of aromatic amines is 1. The number of carbonyl (C=O) groups is 1. The minimum atomic E-state index is -0.573. The molecule has 1 amide bonds. The number of nitrogens with zero attached hydrogens (tertiary/aromatic N) is 2. The second kappa shape index (κ2) is 7.55. The summed E-state index contributed by atoms with van der Waals surface area (Å²) in [5.41, 5.74) is 1.01. The van der Waals surface area contributed by atoms with Gasteiger partial charge in [0.2, 0.25) is 0 Å². The summed E-state index contributed by atoms with van der Waals surface area (Å²) < 4.78 is 5.39. The van der Waals surface area contributed by atoms with Crippen LogP contribution in [0.4, 0.5) is 16.2 Å². The van der Waals surface area contributed by atoms with E-state index in [2.05, 4.69) is 4.98 Å². The summed E-state index contributed by atoms with van der Waals surface area (Å²) in [6, 6.07) is 12.2. The molecule has 0 spiro atoms. The number of hydrogen-bond acceptors (Lipinski definition) is 5. The van der Waals surface area contributed by atoms with Crippen molar-refractivity contribution in [2.24, 2.45) is 0 Å². The number of benzene rings is 2. The third-order valence-corrected chi connectivity index (χ3v) is 5.09. The zero-order valence-electron chi connectivity index (χ0n) is 16.1. The first-order chi connectivity index (χ1) is 13.2. The molecule has 0 bridgehead atoms. The lowest BCUT2D eigenvalue weighted by atomic mass is 10.2.